The summed E-state index contributed by atoms with van der Waals surface area (Å²) in [5.41, 5.74) is 1.99. The van der Waals surface area contributed by atoms with Gasteiger partial charge in [-0.05, 0) is 35.4 Å². The molecule has 144 valence electrons. The molecule has 0 radical (unpaired) electrons. The van der Waals surface area contributed by atoms with E-state index in [-0.39, 0.29) is 12.3 Å². The van der Waals surface area contributed by atoms with E-state index in [0.29, 0.717) is 29.2 Å². The minimum absolute atomic E-state index is 0.261. The van der Waals surface area contributed by atoms with Gasteiger partial charge in [-0.1, -0.05) is 18.2 Å². The van der Waals surface area contributed by atoms with Crippen LogP contribution in [-0.4, -0.2) is 38.3 Å². The SMILES string of the molecule is COCc1ccc(C(=O)NC(CC(=O)O)c2ccc(OC)c(OC)c2)cc1. The average molecular weight is 373 g/mol. The van der Waals surface area contributed by atoms with E-state index in [1.165, 1.54) is 14.2 Å². The molecule has 0 saturated heterocycles. The Hall–Kier alpha value is -3.06. The van der Waals surface area contributed by atoms with Crippen LogP contribution in [0.3, 0.4) is 0 Å². The summed E-state index contributed by atoms with van der Waals surface area (Å²) < 4.78 is 15.5. The molecule has 2 aromatic carbocycles. The number of carbonyl (C=O) groups excluding carboxylic acids is 1. The summed E-state index contributed by atoms with van der Waals surface area (Å²) in [5.74, 6) is -0.399. The van der Waals surface area contributed by atoms with Crippen LogP contribution >= 0.6 is 0 Å². The van der Waals surface area contributed by atoms with Gasteiger partial charge in [0.1, 0.15) is 0 Å². The quantitative estimate of drug-likeness (QED) is 0.702. The van der Waals surface area contributed by atoms with Crippen molar-refractivity contribution in [1.29, 1.82) is 0 Å². The van der Waals surface area contributed by atoms with E-state index in [4.69, 9.17) is 14.2 Å². The fraction of sp³-hybridized carbons (Fsp3) is 0.300. The molecule has 1 amide bonds. The van der Waals surface area contributed by atoms with Crippen molar-refractivity contribution in [2.45, 2.75) is 19.1 Å². The van der Waals surface area contributed by atoms with Crippen LogP contribution < -0.4 is 14.8 Å². The maximum absolute atomic E-state index is 12.6. The first kappa shape index (κ1) is 20.3. The number of hydrogen-bond donors (Lipinski definition) is 2. The molecule has 7 heteroatoms. The zero-order valence-corrected chi connectivity index (χ0v) is 15.5. The molecule has 0 spiro atoms. The molecule has 7 nitrogen and oxygen atoms in total. The van der Waals surface area contributed by atoms with Gasteiger partial charge in [-0.3, -0.25) is 9.59 Å². The van der Waals surface area contributed by atoms with Crippen molar-refractivity contribution in [3.05, 3.63) is 59.2 Å². The van der Waals surface area contributed by atoms with Gasteiger partial charge in [-0.25, -0.2) is 0 Å². The predicted octanol–water partition coefficient (Wildman–Crippen LogP) is 2.80. The summed E-state index contributed by atoms with van der Waals surface area (Å²) in [6.07, 6.45) is -0.261. The van der Waals surface area contributed by atoms with Crippen molar-refractivity contribution in [2.75, 3.05) is 21.3 Å². The Bertz CT molecular complexity index is 788. The zero-order chi connectivity index (χ0) is 19.8. The van der Waals surface area contributed by atoms with Crippen molar-refractivity contribution < 1.29 is 28.9 Å². The minimum Gasteiger partial charge on any atom is -0.493 e. The summed E-state index contributed by atoms with van der Waals surface area (Å²) >= 11 is 0. The Kier molecular flexibility index (Phi) is 7.19. The smallest absolute Gasteiger partial charge is 0.305 e. The molecule has 2 rings (SSSR count). The molecule has 1 unspecified atom stereocenters. The highest BCUT2D eigenvalue weighted by Gasteiger charge is 2.20. The number of carbonyl (C=O) groups is 2. The van der Waals surface area contributed by atoms with Crippen molar-refractivity contribution >= 4 is 11.9 Å². The van der Waals surface area contributed by atoms with Gasteiger partial charge in [0.25, 0.3) is 5.91 Å². The van der Waals surface area contributed by atoms with Crippen LogP contribution in [0.25, 0.3) is 0 Å². The third-order valence-electron chi connectivity index (χ3n) is 4.02. The lowest BCUT2D eigenvalue weighted by Crippen LogP contribution is -2.30. The Morgan fingerprint density at radius 2 is 1.67 bits per heavy atom. The van der Waals surface area contributed by atoms with Crippen LogP contribution in [0, 0.1) is 0 Å². The molecule has 2 aromatic rings. The molecule has 0 aliphatic carbocycles. The Labute approximate surface area is 157 Å². The molecule has 0 saturated carbocycles. The molecule has 0 fully saturated rings. The summed E-state index contributed by atoms with van der Waals surface area (Å²) in [6, 6.07) is 11.3. The fourth-order valence-electron chi connectivity index (χ4n) is 2.66. The predicted molar refractivity (Wildman–Crippen MR) is 99.2 cm³/mol. The summed E-state index contributed by atoms with van der Waals surface area (Å²) in [6.45, 7) is 0.454. The molecule has 0 aliphatic rings. The molecule has 27 heavy (non-hydrogen) atoms. The lowest BCUT2D eigenvalue weighted by Gasteiger charge is -2.19. The first-order valence-electron chi connectivity index (χ1n) is 8.31. The van der Waals surface area contributed by atoms with E-state index in [1.807, 2.05) is 0 Å². The normalized spacial score (nSPS) is 11.5. The van der Waals surface area contributed by atoms with E-state index in [0.717, 1.165) is 5.56 Å². The van der Waals surface area contributed by atoms with Crippen LogP contribution in [0.4, 0.5) is 0 Å². The lowest BCUT2D eigenvalue weighted by atomic mass is 10.0. The second kappa shape index (κ2) is 9.59. The Morgan fingerprint density at radius 1 is 1.00 bits per heavy atom. The zero-order valence-electron chi connectivity index (χ0n) is 15.5. The molecule has 0 heterocycles. The topological polar surface area (TPSA) is 94.1 Å². The third kappa shape index (κ3) is 5.46. The molecule has 0 aliphatic heterocycles. The molecule has 0 bridgehead atoms. The molecule has 0 aromatic heterocycles. The largest absolute Gasteiger partial charge is 0.493 e. The van der Waals surface area contributed by atoms with Crippen LogP contribution in [0.2, 0.25) is 0 Å². The molecular weight excluding hydrogens is 350 g/mol. The van der Waals surface area contributed by atoms with Crippen molar-refractivity contribution in [2.24, 2.45) is 0 Å². The van der Waals surface area contributed by atoms with Gasteiger partial charge >= 0.3 is 5.97 Å². The summed E-state index contributed by atoms with van der Waals surface area (Å²) in [4.78, 5) is 23.8. The highest BCUT2D eigenvalue weighted by atomic mass is 16.5. The number of carboxylic acids is 1. The van der Waals surface area contributed by atoms with E-state index >= 15 is 0 Å². The highest BCUT2D eigenvalue weighted by molar-refractivity contribution is 5.94. The third-order valence-corrected chi connectivity index (χ3v) is 4.02. The number of aliphatic carboxylic acids is 1. The van der Waals surface area contributed by atoms with Crippen LogP contribution in [0.15, 0.2) is 42.5 Å². The minimum atomic E-state index is -1.02. The monoisotopic (exact) mass is 373 g/mol. The van der Waals surface area contributed by atoms with Gasteiger partial charge in [-0.2, -0.15) is 0 Å². The number of amides is 1. The maximum atomic E-state index is 12.6. The van der Waals surface area contributed by atoms with Gasteiger partial charge in [0.2, 0.25) is 0 Å². The number of benzene rings is 2. The molecule has 1 atom stereocenters. The standard InChI is InChI=1S/C20H23NO6/c1-25-12-13-4-6-14(7-5-13)20(24)21-16(11-19(22)23)15-8-9-17(26-2)18(10-15)27-3/h4-10,16H,11-12H2,1-3H3,(H,21,24)(H,22,23). The number of ether oxygens (including phenoxy) is 3. The van der Waals surface area contributed by atoms with Crippen LogP contribution in [-0.2, 0) is 16.1 Å². The van der Waals surface area contributed by atoms with E-state index < -0.39 is 12.0 Å². The Balaban J connectivity index is 2.23. The van der Waals surface area contributed by atoms with Crippen molar-refractivity contribution in [3.8, 4) is 11.5 Å². The molecular formula is C20H23NO6. The second-order valence-corrected chi connectivity index (χ2v) is 5.87. The van der Waals surface area contributed by atoms with Crippen LogP contribution in [0.5, 0.6) is 11.5 Å². The van der Waals surface area contributed by atoms with Gasteiger partial charge in [0.05, 0.1) is 33.3 Å². The number of carboxylic acid groups (broad SMARTS) is 1. The molecule has 2 N–H and O–H groups in total. The van der Waals surface area contributed by atoms with Gasteiger partial charge in [0.15, 0.2) is 11.5 Å². The number of rotatable bonds is 9. The average Bonchev–Trinajstić information content (AvgIpc) is 2.67. The lowest BCUT2D eigenvalue weighted by molar-refractivity contribution is -0.137. The summed E-state index contributed by atoms with van der Waals surface area (Å²) in [5, 5.41) is 12.0. The first-order valence-corrected chi connectivity index (χ1v) is 8.31. The van der Waals surface area contributed by atoms with Gasteiger partial charge in [-0.15, -0.1) is 0 Å². The van der Waals surface area contributed by atoms with Crippen molar-refractivity contribution in [1.82, 2.24) is 5.32 Å². The summed E-state index contributed by atoms with van der Waals surface area (Å²) in [7, 11) is 4.61. The second-order valence-electron chi connectivity index (χ2n) is 5.87. The highest BCUT2D eigenvalue weighted by Crippen LogP contribution is 2.31. The number of hydrogen-bond acceptors (Lipinski definition) is 5. The number of nitrogens with one attached hydrogen (secondary N) is 1. The van der Waals surface area contributed by atoms with Gasteiger partial charge in [0, 0.05) is 12.7 Å². The van der Waals surface area contributed by atoms with E-state index in [1.54, 1.807) is 49.6 Å². The Morgan fingerprint density at radius 3 is 2.22 bits per heavy atom. The van der Waals surface area contributed by atoms with E-state index in [2.05, 4.69) is 5.32 Å². The first-order chi connectivity index (χ1) is 13.0. The van der Waals surface area contributed by atoms with Crippen molar-refractivity contribution in [3.63, 3.8) is 0 Å². The fourth-order valence-corrected chi connectivity index (χ4v) is 2.66. The van der Waals surface area contributed by atoms with Gasteiger partial charge < -0.3 is 24.6 Å². The van der Waals surface area contributed by atoms with Crippen LogP contribution in [0.1, 0.15) is 33.9 Å². The van der Waals surface area contributed by atoms with E-state index in [9.17, 15) is 14.7 Å². The number of methoxy groups -OCH3 is 3. The maximum Gasteiger partial charge on any atom is 0.305 e.